The number of carbonyl (C=O) groups is 1. The first kappa shape index (κ1) is 20.7. The molecule has 30 heavy (non-hydrogen) atoms. The normalized spacial score (nSPS) is 20.2. The Morgan fingerprint density at radius 3 is 2.80 bits per heavy atom. The van der Waals surface area contributed by atoms with Gasteiger partial charge in [0.2, 0.25) is 0 Å². The van der Waals surface area contributed by atoms with Crippen molar-refractivity contribution in [2.24, 2.45) is 10.1 Å². The number of nitrogens with one attached hydrogen (secondary N) is 1. The second-order valence-electron chi connectivity index (χ2n) is 7.40. The van der Waals surface area contributed by atoms with Gasteiger partial charge in [-0.3, -0.25) is 10.4 Å². The number of carbonyl (C=O) groups excluding carboxylic acids is 1. The molecule has 0 amide bonds. The smallest absolute Gasteiger partial charge is 0.337 e. The summed E-state index contributed by atoms with van der Waals surface area (Å²) in [6.45, 7) is 5.70. The van der Waals surface area contributed by atoms with Gasteiger partial charge in [0.15, 0.2) is 5.17 Å². The summed E-state index contributed by atoms with van der Waals surface area (Å²) in [6, 6.07) is 9.58. The van der Waals surface area contributed by atoms with E-state index in [1.165, 1.54) is 7.11 Å². The number of aromatic nitrogens is 1. The number of hydrogen-bond donors (Lipinski definition) is 1. The first-order chi connectivity index (χ1) is 14.6. The van der Waals surface area contributed by atoms with Gasteiger partial charge in [0, 0.05) is 35.0 Å². The fourth-order valence-electron chi connectivity index (χ4n) is 3.83. The number of hydrogen-bond acceptors (Lipinski definition) is 6. The second-order valence-corrected chi connectivity index (χ2v) is 8.36. The molecule has 0 unspecified atom stereocenters. The largest absolute Gasteiger partial charge is 0.465 e. The molecule has 1 aromatic carbocycles. The Balaban J connectivity index is 1.51. The maximum absolute atomic E-state index is 11.7. The minimum Gasteiger partial charge on any atom is -0.465 e. The van der Waals surface area contributed by atoms with Gasteiger partial charge in [0.25, 0.3) is 0 Å². The van der Waals surface area contributed by atoms with Crippen LogP contribution in [0.25, 0.3) is 5.69 Å². The lowest BCUT2D eigenvalue weighted by atomic mass is 10.1. The van der Waals surface area contributed by atoms with Crippen LogP contribution in [0, 0.1) is 13.8 Å². The highest BCUT2D eigenvalue weighted by Gasteiger charge is 2.20. The molecule has 1 fully saturated rings. The van der Waals surface area contributed by atoms with Crippen molar-refractivity contribution >= 4 is 28.6 Å². The molecule has 1 aromatic heterocycles. The molecule has 1 saturated heterocycles. The van der Waals surface area contributed by atoms with Crippen LogP contribution in [0.2, 0.25) is 0 Å². The minimum atomic E-state index is -0.334. The predicted molar refractivity (Wildman–Crippen MR) is 120 cm³/mol. The van der Waals surface area contributed by atoms with Crippen LogP contribution in [-0.2, 0) is 9.47 Å². The molecule has 0 radical (unpaired) electrons. The van der Waals surface area contributed by atoms with Crippen LogP contribution in [0.1, 0.15) is 40.2 Å². The molecule has 8 heteroatoms. The summed E-state index contributed by atoms with van der Waals surface area (Å²) in [7, 11) is 1.39. The summed E-state index contributed by atoms with van der Waals surface area (Å²) in [5.74, 6) is 0.433. The Hall–Kier alpha value is -2.58. The maximum atomic E-state index is 11.7. The predicted octanol–water partition coefficient (Wildman–Crippen LogP) is 3.46. The van der Waals surface area contributed by atoms with Gasteiger partial charge in [-0.25, -0.2) is 4.79 Å². The third kappa shape index (κ3) is 4.29. The SMILES string of the molecule is COC(=O)c1ccc(-n2c(C)cc(C3=NNC(=NC[C@@H]4CCCO4)SC3)c2C)cc1. The maximum Gasteiger partial charge on any atom is 0.337 e. The average Bonchev–Trinajstić information content (AvgIpc) is 3.40. The molecule has 0 bridgehead atoms. The number of esters is 1. The van der Waals surface area contributed by atoms with Crippen molar-refractivity contribution in [3.05, 3.63) is 52.8 Å². The van der Waals surface area contributed by atoms with E-state index in [2.05, 4.69) is 40.0 Å². The summed E-state index contributed by atoms with van der Waals surface area (Å²) in [4.78, 5) is 16.3. The highest BCUT2D eigenvalue weighted by Crippen LogP contribution is 2.24. The van der Waals surface area contributed by atoms with Crippen LogP contribution in [0.4, 0.5) is 0 Å². The Labute approximate surface area is 180 Å². The summed E-state index contributed by atoms with van der Waals surface area (Å²) in [5.41, 5.74) is 8.97. The summed E-state index contributed by atoms with van der Waals surface area (Å²) in [6.07, 6.45) is 2.46. The number of benzene rings is 1. The average molecular weight is 427 g/mol. The highest BCUT2D eigenvalue weighted by molar-refractivity contribution is 8.14. The molecule has 7 nitrogen and oxygen atoms in total. The zero-order valence-electron chi connectivity index (χ0n) is 17.5. The van der Waals surface area contributed by atoms with Gasteiger partial charge in [-0.2, -0.15) is 5.10 Å². The van der Waals surface area contributed by atoms with Crippen molar-refractivity contribution in [3.63, 3.8) is 0 Å². The number of amidine groups is 1. The lowest BCUT2D eigenvalue weighted by Gasteiger charge is -2.16. The van der Waals surface area contributed by atoms with Gasteiger partial charge < -0.3 is 14.0 Å². The molecular formula is C22H26N4O3S. The zero-order valence-corrected chi connectivity index (χ0v) is 18.3. The van der Waals surface area contributed by atoms with Crippen molar-refractivity contribution in [1.82, 2.24) is 9.99 Å². The molecule has 0 spiro atoms. The lowest BCUT2D eigenvalue weighted by molar-refractivity contribution is 0.0600. The van der Waals surface area contributed by atoms with E-state index in [0.717, 1.165) is 58.7 Å². The molecule has 2 aliphatic heterocycles. The molecule has 2 aromatic rings. The summed E-state index contributed by atoms with van der Waals surface area (Å²) >= 11 is 1.67. The number of hydrazone groups is 1. The molecule has 1 atom stereocenters. The van der Waals surface area contributed by atoms with Gasteiger partial charge in [0.05, 0.1) is 31.0 Å². The van der Waals surface area contributed by atoms with Crippen LogP contribution in [0.5, 0.6) is 0 Å². The fraction of sp³-hybridized carbons (Fsp3) is 0.409. The van der Waals surface area contributed by atoms with Crippen LogP contribution in [0.15, 0.2) is 40.4 Å². The Kier molecular flexibility index (Phi) is 6.24. The van der Waals surface area contributed by atoms with Crippen LogP contribution in [-0.4, -0.2) is 53.5 Å². The Morgan fingerprint density at radius 1 is 1.37 bits per heavy atom. The molecule has 0 saturated carbocycles. The standard InChI is InChI=1S/C22H26N4O3S/c1-14-11-19(15(2)26(14)17-8-6-16(7-9-17)21(27)28-3)20-13-30-22(25-24-20)23-12-18-5-4-10-29-18/h6-9,11,18H,4-5,10,12-13H2,1-3H3,(H,23,25)/t18-/m0/s1. The van der Waals surface area contributed by atoms with E-state index in [0.29, 0.717) is 12.1 Å². The zero-order chi connectivity index (χ0) is 21.1. The van der Waals surface area contributed by atoms with Crippen molar-refractivity contribution in [3.8, 4) is 5.69 Å². The molecule has 3 heterocycles. The van der Waals surface area contributed by atoms with Crippen molar-refractivity contribution in [1.29, 1.82) is 0 Å². The first-order valence-electron chi connectivity index (χ1n) is 10.1. The van der Waals surface area contributed by atoms with Gasteiger partial charge in [0.1, 0.15) is 0 Å². The van der Waals surface area contributed by atoms with E-state index < -0.39 is 0 Å². The van der Waals surface area contributed by atoms with E-state index >= 15 is 0 Å². The third-order valence-electron chi connectivity index (χ3n) is 5.38. The molecular weight excluding hydrogens is 400 g/mol. The summed E-state index contributed by atoms with van der Waals surface area (Å²) in [5, 5.41) is 5.43. The fourth-order valence-corrected chi connectivity index (χ4v) is 4.59. The van der Waals surface area contributed by atoms with Gasteiger partial charge in [-0.05, 0) is 57.0 Å². The molecule has 158 valence electrons. The molecule has 0 aliphatic carbocycles. The van der Waals surface area contributed by atoms with E-state index in [1.807, 2.05) is 12.1 Å². The minimum absolute atomic E-state index is 0.245. The van der Waals surface area contributed by atoms with Gasteiger partial charge >= 0.3 is 5.97 Å². The Bertz CT molecular complexity index is 989. The van der Waals surface area contributed by atoms with E-state index in [-0.39, 0.29) is 12.1 Å². The van der Waals surface area contributed by atoms with Crippen molar-refractivity contribution < 1.29 is 14.3 Å². The van der Waals surface area contributed by atoms with Crippen molar-refractivity contribution in [2.45, 2.75) is 32.8 Å². The first-order valence-corrected chi connectivity index (χ1v) is 11.0. The number of aliphatic imine (C=N–C) groups is 1. The molecule has 2 aliphatic rings. The van der Waals surface area contributed by atoms with E-state index in [9.17, 15) is 4.79 Å². The number of methoxy groups -OCH3 is 1. The monoisotopic (exact) mass is 426 g/mol. The third-order valence-corrected chi connectivity index (χ3v) is 6.29. The van der Waals surface area contributed by atoms with E-state index in [4.69, 9.17) is 9.47 Å². The topological polar surface area (TPSA) is 77.2 Å². The number of aryl methyl sites for hydroxylation is 1. The van der Waals surface area contributed by atoms with Crippen molar-refractivity contribution in [2.75, 3.05) is 26.0 Å². The molecule has 1 N–H and O–H groups in total. The second kappa shape index (κ2) is 9.06. The molecule has 4 rings (SSSR count). The van der Waals surface area contributed by atoms with Gasteiger partial charge in [-0.15, -0.1) is 0 Å². The van der Waals surface area contributed by atoms with Crippen LogP contribution >= 0.6 is 11.8 Å². The number of rotatable bonds is 5. The summed E-state index contributed by atoms with van der Waals surface area (Å²) < 4.78 is 12.6. The van der Waals surface area contributed by atoms with Gasteiger partial charge in [-0.1, -0.05) is 11.8 Å². The van der Waals surface area contributed by atoms with Crippen LogP contribution < -0.4 is 5.43 Å². The number of thioether (sulfide) groups is 1. The lowest BCUT2D eigenvalue weighted by Crippen LogP contribution is -2.26. The van der Waals surface area contributed by atoms with E-state index in [1.54, 1.807) is 23.9 Å². The quantitative estimate of drug-likeness (QED) is 0.741. The highest BCUT2D eigenvalue weighted by atomic mass is 32.2. The number of nitrogens with zero attached hydrogens (tertiary/aromatic N) is 3. The Morgan fingerprint density at radius 2 is 2.17 bits per heavy atom. The van der Waals surface area contributed by atoms with Crippen LogP contribution in [0.3, 0.4) is 0 Å². The number of ether oxygens (including phenoxy) is 2.